The molecule has 0 spiro atoms. The second-order valence-corrected chi connectivity index (χ2v) is 2.63. The van der Waals surface area contributed by atoms with Crippen molar-refractivity contribution in [2.75, 3.05) is 6.61 Å². The summed E-state index contributed by atoms with van der Waals surface area (Å²) in [6, 6.07) is 0. The van der Waals surface area contributed by atoms with Gasteiger partial charge in [0.1, 0.15) is 12.7 Å². The molecule has 0 saturated heterocycles. The van der Waals surface area contributed by atoms with E-state index < -0.39 is 22.9 Å². The number of nitrogens with zero attached hydrogens (tertiary/aromatic N) is 2. The maximum absolute atomic E-state index is 9.92. The zero-order valence-corrected chi connectivity index (χ0v) is 7.21. The summed E-state index contributed by atoms with van der Waals surface area (Å²) in [4.78, 5) is 27.8. The van der Waals surface area contributed by atoms with Crippen LogP contribution in [-0.2, 0) is 9.68 Å². The summed E-state index contributed by atoms with van der Waals surface area (Å²) in [5.41, 5.74) is 0. The molecule has 13 heavy (non-hydrogen) atoms. The van der Waals surface area contributed by atoms with Crippen LogP contribution in [-0.4, -0.2) is 22.9 Å². The first-order valence-electron chi connectivity index (χ1n) is 3.52. The van der Waals surface area contributed by atoms with Gasteiger partial charge in [0, 0.05) is 0 Å². The smallest absolute Gasteiger partial charge is 0.294 e. The van der Waals surface area contributed by atoms with Crippen LogP contribution < -0.4 is 0 Å². The van der Waals surface area contributed by atoms with E-state index in [1.807, 2.05) is 0 Å². The molecule has 0 aliphatic heterocycles. The van der Waals surface area contributed by atoms with Gasteiger partial charge in [-0.15, -0.1) is 20.2 Å². The fourth-order valence-corrected chi connectivity index (χ4v) is 0.589. The molecule has 0 aliphatic rings. The molecule has 76 valence electrons. The van der Waals surface area contributed by atoms with Crippen molar-refractivity contribution in [3.05, 3.63) is 20.2 Å². The topological polar surface area (TPSA) is 105 Å². The van der Waals surface area contributed by atoms with Crippen LogP contribution in [0.3, 0.4) is 0 Å². The molecular formula is C5H10N2O6. The molecule has 0 aromatic heterocycles. The van der Waals surface area contributed by atoms with E-state index in [-0.39, 0.29) is 5.92 Å². The molecular weight excluding hydrogens is 184 g/mol. The second-order valence-electron chi connectivity index (χ2n) is 2.63. The Bertz CT molecular complexity index is 193. The fourth-order valence-electron chi connectivity index (χ4n) is 0.589. The summed E-state index contributed by atoms with van der Waals surface area (Å²) in [6.45, 7) is 2.83. The van der Waals surface area contributed by atoms with E-state index in [4.69, 9.17) is 0 Å². The molecule has 0 N–H and O–H groups in total. The van der Waals surface area contributed by atoms with Gasteiger partial charge in [0.05, 0.1) is 0 Å². The first kappa shape index (κ1) is 11.4. The molecule has 0 amide bonds. The maximum atomic E-state index is 9.92. The maximum Gasteiger partial charge on any atom is 0.294 e. The average molecular weight is 194 g/mol. The van der Waals surface area contributed by atoms with E-state index >= 15 is 0 Å². The van der Waals surface area contributed by atoms with E-state index in [2.05, 4.69) is 9.68 Å². The van der Waals surface area contributed by atoms with E-state index in [1.165, 1.54) is 0 Å². The molecule has 0 aliphatic carbocycles. The van der Waals surface area contributed by atoms with Crippen LogP contribution in [0.15, 0.2) is 0 Å². The lowest BCUT2D eigenvalue weighted by Crippen LogP contribution is -2.29. The van der Waals surface area contributed by atoms with Crippen LogP contribution in [0.2, 0.25) is 0 Å². The largest absolute Gasteiger partial charge is 0.312 e. The van der Waals surface area contributed by atoms with Gasteiger partial charge in [0.25, 0.3) is 10.2 Å². The Labute approximate surface area is 73.6 Å². The van der Waals surface area contributed by atoms with Gasteiger partial charge in [0.15, 0.2) is 0 Å². The minimum absolute atomic E-state index is 0.231. The van der Waals surface area contributed by atoms with Crippen molar-refractivity contribution in [3.8, 4) is 0 Å². The quantitative estimate of drug-likeness (QED) is 0.448. The van der Waals surface area contributed by atoms with Gasteiger partial charge in [-0.1, -0.05) is 13.8 Å². The predicted molar refractivity (Wildman–Crippen MR) is 39.7 cm³/mol. The summed E-state index contributed by atoms with van der Waals surface area (Å²) in [6.07, 6.45) is -0.916. The van der Waals surface area contributed by atoms with Crippen molar-refractivity contribution in [1.82, 2.24) is 0 Å². The fraction of sp³-hybridized carbons (Fsp3) is 1.00. The zero-order chi connectivity index (χ0) is 10.4. The molecule has 0 aromatic rings. The van der Waals surface area contributed by atoms with Crippen LogP contribution in [0.1, 0.15) is 13.8 Å². The molecule has 8 heteroatoms. The van der Waals surface area contributed by atoms with Crippen molar-refractivity contribution in [2.24, 2.45) is 5.92 Å². The Kier molecular flexibility index (Phi) is 4.49. The molecule has 0 rings (SSSR count). The normalized spacial score (nSPS) is 12.2. The third-order valence-corrected chi connectivity index (χ3v) is 1.31. The minimum atomic E-state index is -1.02. The van der Waals surface area contributed by atoms with Gasteiger partial charge in [-0.25, -0.2) is 0 Å². The molecule has 0 radical (unpaired) electrons. The molecule has 1 unspecified atom stereocenters. The zero-order valence-electron chi connectivity index (χ0n) is 7.21. The first-order chi connectivity index (χ1) is 5.93. The Morgan fingerprint density at radius 3 is 2.08 bits per heavy atom. The molecule has 8 nitrogen and oxygen atoms in total. The van der Waals surface area contributed by atoms with Crippen LogP contribution in [0.25, 0.3) is 0 Å². The molecule has 0 saturated carbocycles. The Balaban J connectivity index is 3.95. The lowest BCUT2D eigenvalue weighted by molar-refractivity contribution is -0.791. The highest BCUT2D eigenvalue weighted by molar-refractivity contribution is 4.57. The SMILES string of the molecule is CC(C)C(CO[N+](=O)[O-])O[N+](=O)[O-]. The van der Waals surface area contributed by atoms with Crippen molar-refractivity contribution in [1.29, 1.82) is 0 Å². The highest BCUT2D eigenvalue weighted by Crippen LogP contribution is 2.07. The highest BCUT2D eigenvalue weighted by atomic mass is 17.0. The first-order valence-corrected chi connectivity index (χ1v) is 3.52. The molecule has 0 heterocycles. The van der Waals surface area contributed by atoms with Crippen molar-refractivity contribution in [2.45, 2.75) is 20.0 Å². The summed E-state index contributed by atoms with van der Waals surface area (Å²) >= 11 is 0. The van der Waals surface area contributed by atoms with Gasteiger partial charge in [-0.2, -0.15) is 0 Å². The van der Waals surface area contributed by atoms with Gasteiger partial charge in [0.2, 0.25) is 0 Å². The van der Waals surface area contributed by atoms with Crippen LogP contribution in [0.5, 0.6) is 0 Å². The molecule has 0 aromatic carbocycles. The lowest BCUT2D eigenvalue weighted by atomic mass is 10.1. The van der Waals surface area contributed by atoms with E-state index in [9.17, 15) is 20.2 Å². The summed E-state index contributed by atoms with van der Waals surface area (Å²) in [5, 5.41) is 17.7. The number of hydrogen-bond acceptors (Lipinski definition) is 6. The Morgan fingerprint density at radius 2 is 1.77 bits per heavy atom. The van der Waals surface area contributed by atoms with Gasteiger partial charge < -0.3 is 9.68 Å². The predicted octanol–water partition coefficient (Wildman–Crippen LogP) is 0.428. The Hall–Kier alpha value is -1.60. The summed E-state index contributed by atoms with van der Waals surface area (Å²) in [5.74, 6) is -0.231. The lowest BCUT2D eigenvalue weighted by Gasteiger charge is -2.16. The van der Waals surface area contributed by atoms with Crippen LogP contribution >= 0.6 is 0 Å². The molecule has 1 atom stereocenters. The van der Waals surface area contributed by atoms with Crippen molar-refractivity contribution < 1.29 is 19.8 Å². The van der Waals surface area contributed by atoms with E-state index in [0.29, 0.717) is 0 Å². The third kappa shape index (κ3) is 5.65. The number of rotatable bonds is 6. The summed E-state index contributed by atoms with van der Waals surface area (Å²) in [7, 11) is 0. The van der Waals surface area contributed by atoms with Gasteiger partial charge in [-0.05, 0) is 5.92 Å². The van der Waals surface area contributed by atoms with Crippen molar-refractivity contribution >= 4 is 0 Å². The molecule has 0 fully saturated rings. The standard InChI is InChI=1S/C5H10N2O6/c1-4(2)5(13-7(10)11)3-12-6(8)9/h4-5H,3H2,1-2H3. The monoisotopic (exact) mass is 194 g/mol. The third-order valence-electron chi connectivity index (χ3n) is 1.31. The van der Waals surface area contributed by atoms with Gasteiger partial charge >= 0.3 is 0 Å². The van der Waals surface area contributed by atoms with Crippen molar-refractivity contribution in [3.63, 3.8) is 0 Å². The summed E-state index contributed by atoms with van der Waals surface area (Å²) < 4.78 is 0. The Morgan fingerprint density at radius 1 is 1.23 bits per heavy atom. The van der Waals surface area contributed by atoms with E-state index in [0.717, 1.165) is 0 Å². The minimum Gasteiger partial charge on any atom is -0.312 e. The van der Waals surface area contributed by atoms with E-state index in [1.54, 1.807) is 13.8 Å². The number of hydrogen-bond donors (Lipinski definition) is 0. The van der Waals surface area contributed by atoms with Crippen LogP contribution in [0, 0.1) is 26.1 Å². The molecule has 0 bridgehead atoms. The van der Waals surface area contributed by atoms with Crippen LogP contribution in [0.4, 0.5) is 0 Å². The highest BCUT2D eigenvalue weighted by Gasteiger charge is 2.19. The second kappa shape index (κ2) is 5.12. The van der Waals surface area contributed by atoms with Gasteiger partial charge in [-0.3, -0.25) is 0 Å². The average Bonchev–Trinajstić information content (AvgIpc) is 1.96.